The minimum absolute atomic E-state index is 0.102. The average molecular weight is 482 g/mol. The SMILES string of the molecule is O=C(/C=C/c1cc2ccccc2o1)N1CCN(Cc2nc(-c3cccc(C(F)(F)F)c3)no2)CC1. The molecule has 1 aliphatic heterocycles. The number of furan rings is 1. The standard InChI is InChI=1S/C25H21F3N4O3/c26-25(27,28)19-6-3-5-18(14-19)24-29-22(35-30-24)16-31-10-12-32(13-11-31)23(33)9-8-20-15-17-4-1-2-7-21(17)34-20/h1-9,14-15H,10-13,16H2/b9-8+. The van der Waals surface area contributed by atoms with Crippen LogP contribution >= 0.6 is 0 Å². The second-order valence-corrected chi connectivity index (χ2v) is 8.21. The van der Waals surface area contributed by atoms with Gasteiger partial charge in [0.25, 0.3) is 0 Å². The molecule has 4 aromatic rings. The fourth-order valence-corrected chi connectivity index (χ4v) is 3.93. The molecule has 1 aliphatic rings. The van der Waals surface area contributed by atoms with Crippen LogP contribution in [0.4, 0.5) is 13.2 Å². The zero-order chi connectivity index (χ0) is 24.4. The second-order valence-electron chi connectivity index (χ2n) is 8.21. The van der Waals surface area contributed by atoms with Gasteiger partial charge in [-0.1, -0.05) is 35.5 Å². The molecule has 0 saturated carbocycles. The van der Waals surface area contributed by atoms with Gasteiger partial charge < -0.3 is 13.8 Å². The zero-order valence-electron chi connectivity index (χ0n) is 18.5. The number of hydrogen-bond acceptors (Lipinski definition) is 6. The molecule has 5 rings (SSSR count). The van der Waals surface area contributed by atoms with Crippen LogP contribution in [-0.4, -0.2) is 52.0 Å². The van der Waals surface area contributed by atoms with Crippen LogP contribution in [0.2, 0.25) is 0 Å². The monoisotopic (exact) mass is 482 g/mol. The Balaban J connectivity index is 1.15. The van der Waals surface area contributed by atoms with E-state index in [0.717, 1.165) is 23.1 Å². The van der Waals surface area contributed by atoms with E-state index in [0.29, 0.717) is 44.4 Å². The first-order valence-electron chi connectivity index (χ1n) is 11.0. The predicted molar refractivity (Wildman–Crippen MR) is 122 cm³/mol. The van der Waals surface area contributed by atoms with E-state index in [9.17, 15) is 18.0 Å². The lowest BCUT2D eigenvalue weighted by Crippen LogP contribution is -2.47. The molecule has 1 saturated heterocycles. The first kappa shape index (κ1) is 22.9. The number of hydrogen-bond donors (Lipinski definition) is 0. The largest absolute Gasteiger partial charge is 0.457 e. The predicted octanol–water partition coefficient (Wildman–Crippen LogP) is 4.86. The first-order valence-corrected chi connectivity index (χ1v) is 11.0. The summed E-state index contributed by atoms with van der Waals surface area (Å²) in [5.41, 5.74) is 0.239. The molecule has 1 amide bonds. The molecule has 0 N–H and O–H groups in total. The number of aromatic nitrogens is 2. The van der Waals surface area contributed by atoms with Crippen LogP contribution in [0, 0.1) is 0 Å². The molecule has 1 fully saturated rings. The van der Waals surface area contributed by atoms with Gasteiger partial charge in [0.05, 0.1) is 12.1 Å². The highest BCUT2D eigenvalue weighted by Crippen LogP contribution is 2.31. The van der Waals surface area contributed by atoms with Crippen LogP contribution in [0.1, 0.15) is 17.2 Å². The highest BCUT2D eigenvalue weighted by molar-refractivity contribution is 5.92. The Morgan fingerprint density at radius 1 is 1.03 bits per heavy atom. The first-order chi connectivity index (χ1) is 16.8. The van der Waals surface area contributed by atoms with Crippen molar-refractivity contribution >= 4 is 23.0 Å². The normalized spacial score (nSPS) is 15.3. The Morgan fingerprint density at radius 3 is 2.60 bits per heavy atom. The Morgan fingerprint density at radius 2 is 1.83 bits per heavy atom. The molecule has 0 bridgehead atoms. The molecule has 0 radical (unpaired) electrons. The topological polar surface area (TPSA) is 75.6 Å². The molecule has 35 heavy (non-hydrogen) atoms. The van der Waals surface area contributed by atoms with Crippen molar-refractivity contribution in [3.05, 3.63) is 77.9 Å². The van der Waals surface area contributed by atoms with Crippen molar-refractivity contribution < 1.29 is 26.9 Å². The third kappa shape index (κ3) is 5.27. The smallest absolute Gasteiger partial charge is 0.416 e. The molecule has 0 atom stereocenters. The summed E-state index contributed by atoms with van der Waals surface area (Å²) in [5.74, 6) is 0.929. The van der Waals surface area contributed by atoms with Gasteiger partial charge in [-0.25, -0.2) is 0 Å². The number of rotatable bonds is 5. The molecule has 180 valence electrons. The number of piperazine rings is 1. The van der Waals surface area contributed by atoms with E-state index in [4.69, 9.17) is 8.94 Å². The van der Waals surface area contributed by atoms with E-state index in [2.05, 4.69) is 15.0 Å². The molecular formula is C25H21F3N4O3. The summed E-state index contributed by atoms with van der Waals surface area (Å²) < 4.78 is 49.8. The summed E-state index contributed by atoms with van der Waals surface area (Å²) in [6.07, 6.45) is -1.27. The third-order valence-corrected chi connectivity index (χ3v) is 5.79. The number of carbonyl (C=O) groups is 1. The van der Waals surface area contributed by atoms with Crippen molar-refractivity contribution in [2.24, 2.45) is 0 Å². The van der Waals surface area contributed by atoms with Crippen LogP contribution in [-0.2, 0) is 17.5 Å². The molecule has 2 aromatic heterocycles. The van der Waals surface area contributed by atoms with Gasteiger partial charge in [0.1, 0.15) is 11.3 Å². The van der Waals surface area contributed by atoms with Crippen LogP contribution in [0.5, 0.6) is 0 Å². The lowest BCUT2D eigenvalue weighted by atomic mass is 10.1. The molecule has 0 unspecified atom stereocenters. The maximum Gasteiger partial charge on any atom is 0.416 e. The van der Waals surface area contributed by atoms with E-state index in [1.54, 1.807) is 11.0 Å². The minimum Gasteiger partial charge on any atom is -0.457 e. The van der Waals surface area contributed by atoms with Gasteiger partial charge in [0, 0.05) is 43.2 Å². The fraction of sp³-hybridized carbons (Fsp3) is 0.240. The van der Waals surface area contributed by atoms with Crippen molar-refractivity contribution in [3.8, 4) is 11.4 Å². The van der Waals surface area contributed by atoms with Gasteiger partial charge in [-0.05, 0) is 30.3 Å². The van der Waals surface area contributed by atoms with Crippen LogP contribution in [0.3, 0.4) is 0 Å². The van der Waals surface area contributed by atoms with Gasteiger partial charge >= 0.3 is 6.18 Å². The summed E-state index contributed by atoms with van der Waals surface area (Å²) in [6, 6.07) is 14.3. The van der Waals surface area contributed by atoms with Crippen molar-refractivity contribution in [3.63, 3.8) is 0 Å². The van der Waals surface area contributed by atoms with E-state index in [1.165, 1.54) is 18.2 Å². The van der Waals surface area contributed by atoms with Gasteiger partial charge in [0.2, 0.25) is 17.6 Å². The molecule has 7 nitrogen and oxygen atoms in total. The Bertz CT molecular complexity index is 1330. The number of benzene rings is 2. The Hall–Kier alpha value is -3.92. The summed E-state index contributed by atoms with van der Waals surface area (Å²) in [7, 11) is 0. The molecule has 10 heteroatoms. The van der Waals surface area contributed by atoms with Crippen LogP contribution in [0.15, 0.2) is 69.6 Å². The van der Waals surface area contributed by atoms with Crippen molar-refractivity contribution in [1.29, 1.82) is 0 Å². The number of carbonyl (C=O) groups excluding carboxylic acids is 1. The average Bonchev–Trinajstić information content (AvgIpc) is 3.49. The quantitative estimate of drug-likeness (QED) is 0.378. The molecule has 3 heterocycles. The summed E-state index contributed by atoms with van der Waals surface area (Å²) >= 11 is 0. The van der Waals surface area contributed by atoms with Crippen molar-refractivity contribution in [2.45, 2.75) is 12.7 Å². The minimum atomic E-state index is -4.44. The fourth-order valence-electron chi connectivity index (χ4n) is 3.93. The lowest BCUT2D eigenvalue weighted by molar-refractivity contribution is -0.137. The number of halogens is 3. The van der Waals surface area contributed by atoms with Crippen LogP contribution < -0.4 is 0 Å². The number of alkyl halides is 3. The summed E-state index contributed by atoms with van der Waals surface area (Å²) in [4.78, 5) is 20.6. The molecule has 2 aromatic carbocycles. The number of nitrogens with zero attached hydrogens (tertiary/aromatic N) is 4. The summed E-state index contributed by atoms with van der Waals surface area (Å²) in [6.45, 7) is 2.61. The highest BCUT2D eigenvalue weighted by Gasteiger charge is 2.31. The Labute approximate surface area is 198 Å². The maximum atomic E-state index is 13.0. The zero-order valence-corrected chi connectivity index (χ0v) is 18.5. The number of amides is 1. The summed E-state index contributed by atoms with van der Waals surface area (Å²) in [5, 5.41) is 4.80. The van der Waals surface area contributed by atoms with Gasteiger partial charge in [-0.2, -0.15) is 18.2 Å². The second kappa shape index (κ2) is 9.38. The van der Waals surface area contributed by atoms with Crippen molar-refractivity contribution in [1.82, 2.24) is 19.9 Å². The lowest BCUT2D eigenvalue weighted by Gasteiger charge is -2.33. The van der Waals surface area contributed by atoms with Crippen LogP contribution in [0.25, 0.3) is 28.4 Å². The van der Waals surface area contributed by atoms with Crippen molar-refractivity contribution in [2.75, 3.05) is 26.2 Å². The highest BCUT2D eigenvalue weighted by atomic mass is 19.4. The number of fused-ring (bicyclic) bond motifs is 1. The van der Waals surface area contributed by atoms with Gasteiger partial charge in [-0.15, -0.1) is 0 Å². The maximum absolute atomic E-state index is 13.0. The van der Waals surface area contributed by atoms with E-state index < -0.39 is 11.7 Å². The van der Waals surface area contributed by atoms with E-state index in [-0.39, 0.29) is 17.3 Å². The molecule has 0 spiro atoms. The van der Waals surface area contributed by atoms with Gasteiger partial charge in [0.15, 0.2) is 0 Å². The van der Waals surface area contributed by atoms with E-state index in [1.807, 2.05) is 30.3 Å². The molecular weight excluding hydrogens is 461 g/mol. The third-order valence-electron chi connectivity index (χ3n) is 5.79. The van der Waals surface area contributed by atoms with Gasteiger partial charge in [-0.3, -0.25) is 9.69 Å². The Kier molecular flexibility index (Phi) is 6.12. The van der Waals surface area contributed by atoms with E-state index >= 15 is 0 Å². The molecule has 0 aliphatic carbocycles. The number of para-hydroxylation sites is 1.